The number of fused-ring (bicyclic) bond motifs is 1. The van der Waals surface area contributed by atoms with Crippen molar-refractivity contribution in [2.45, 2.75) is 19.8 Å². The van der Waals surface area contributed by atoms with Gasteiger partial charge in [-0.2, -0.15) is 0 Å². The summed E-state index contributed by atoms with van der Waals surface area (Å²) < 4.78 is 5.46. The third kappa shape index (κ3) is 2.92. The molecule has 5 heteroatoms. The number of carbonyl (C=O) groups excluding carboxylic acids is 1. The van der Waals surface area contributed by atoms with Crippen molar-refractivity contribution in [2.75, 3.05) is 13.2 Å². The van der Waals surface area contributed by atoms with Crippen LogP contribution in [0.2, 0.25) is 0 Å². The lowest BCUT2D eigenvalue weighted by molar-refractivity contribution is -0.143. The smallest absolute Gasteiger partial charge is 0.308 e. The van der Waals surface area contributed by atoms with E-state index in [2.05, 4.69) is 5.32 Å². The van der Waals surface area contributed by atoms with Crippen LogP contribution in [0.4, 0.5) is 0 Å². The number of hydrogen-bond donors (Lipinski definition) is 2. The Bertz CT molecular complexity index is 512. The number of carboxylic acids is 1. The highest BCUT2D eigenvalue weighted by Gasteiger charge is 2.31. The molecule has 1 amide bonds. The first kappa shape index (κ1) is 14.4. The molecule has 1 aliphatic rings. The maximum Gasteiger partial charge on any atom is 0.308 e. The zero-order chi connectivity index (χ0) is 14.7. The summed E-state index contributed by atoms with van der Waals surface area (Å²) >= 11 is 0. The molecule has 0 radical (unpaired) electrons. The van der Waals surface area contributed by atoms with Gasteiger partial charge in [0.2, 0.25) is 5.91 Å². The summed E-state index contributed by atoms with van der Waals surface area (Å²) in [5.74, 6) is -1.29. The summed E-state index contributed by atoms with van der Waals surface area (Å²) in [6, 6.07) is 7.42. The van der Waals surface area contributed by atoms with E-state index < -0.39 is 11.9 Å². The zero-order valence-corrected chi connectivity index (χ0v) is 11.6. The minimum absolute atomic E-state index is 0.0279. The van der Waals surface area contributed by atoms with Gasteiger partial charge in [-0.25, -0.2) is 0 Å². The number of amides is 1. The highest BCUT2D eigenvalue weighted by atomic mass is 16.5. The number of carboxylic acid groups (broad SMARTS) is 1. The van der Waals surface area contributed by atoms with Gasteiger partial charge in [0.05, 0.1) is 5.92 Å². The van der Waals surface area contributed by atoms with E-state index in [4.69, 9.17) is 9.84 Å². The second kappa shape index (κ2) is 5.94. The lowest BCUT2D eigenvalue weighted by Gasteiger charge is -2.18. The summed E-state index contributed by atoms with van der Waals surface area (Å²) in [4.78, 5) is 23.3. The quantitative estimate of drug-likeness (QED) is 0.858. The molecule has 0 fully saturated rings. The van der Waals surface area contributed by atoms with Crippen LogP contribution in [0.15, 0.2) is 24.3 Å². The number of rotatable bonds is 5. The summed E-state index contributed by atoms with van der Waals surface area (Å²) in [6.45, 7) is 4.12. The van der Waals surface area contributed by atoms with Gasteiger partial charge in [-0.05, 0) is 12.0 Å². The minimum Gasteiger partial charge on any atom is -0.492 e. The van der Waals surface area contributed by atoms with Crippen molar-refractivity contribution in [3.63, 3.8) is 0 Å². The lowest BCUT2D eigenvalue weighted by atomic mass is 9.95. The third-order valence-electron chi connectivity index (χ3n) is 3.63. The normalized spacial score (nSPS) is 18.2. The van der Waals surface area contributed by atoms with Crippen LogP contribution in [-0.4, -0.2) is 30.1 Å². The lowest BCUT2D eigenvalue weighted by Crippen LogP contribution is -2.38. The van der Waals surface area contributed by atoms with Gasteiger partial charge < -0.3 is 15.2 Å². The van der Waals surface area contributed by atoms with Gasteiger partial charge in [-0.3, -0.25) is 9.59 Å². The van der Waals surface area contributed by atoms with Gasteiger partial charge in [0.25, 0.3) is 0 Å². The topological polar surface area (TPSA) is 75.6 Å². The van der Waals surface area contributed by atoms with Crippen molar-refractivity contribution in [1.29, 1.82) is 0 Å². The molecule has 5 nitrogen and oxygen atoms in total. The maximum absolute atomic E-state index is 12.2. The predicted molar refractivity (Wildman–Crippen MR) is 73.7 cm³/mol. The average molecular weight is 277 g/mol. The molecule has 0 saturated heterocycles. The number of aliphatic carboxylic acids is 1. The molecule has 0 saturated carbocycles. The molecule has 1 aromatic rings. The fraction of sp³-hybridized carbons (Fsp3) is 0.467. The summed E-state index contributed by atoms with van der Waals surface area (Å²) in [7, 11) is 0. The van der Waals surface area contributed by atoms with Gasteiger partial charge in [0, 0.05) is 12.1 Å². The van der Waals surface area contributed by atoms with Crippen molar-refractivity contribution < 1.29 is 19.4 Å². The Morgan fingerprint density at radius 3 is 2.75 bits per heavy atom. The van der Waals surface area contributed by atoms with E-state index in [0.29, 0.717) is 6.61 Å². The Morgan fingerprint density at radius 2 is 2.10 bits per heavy atom. The molecule has 2 atom stereocenters. The number of hydrogen-bond acceptors (Lipinski definition) is 3. The van der Waals surface area contributed by atoms with Gasteiger partial charge >= 0.3 is 5.97 Å². The summed E-state index contributed by atoms with van der Waals surface area (Å²) in [5, 5.41) is 11.8. The van der Waals surface area contributed by atoms with Crippen LogP contribution in [-0.2, 0) is 9.59 Å². The second-order valence-corrected chi connectivity index (χ2v) is 5.34. The molecule has 0 aliphatic carbocycles. The molecular formula is C15H19NO4. The van der Waals surface area contributed by atoms with Gasteiger partial charge in [0.1, 0.15) is 18.3 Å². The Morgan fingerprint density at radius 1 is 1.40 bits per heavy atom. The third-order valence-corrected chi connectivity index (χ3v) is 3.63. The molecule has 1 aliphatic heterocycles. The highest BCUT2D eigenvalue weighted by Crippen LogP contribution is 2.33. The van der Waals surface area contributed by atoms with E-state index in [9.17, 15) is 9.59 Å². The van der Waals surface area contributed by atoms with Crippen LogP contribution in [0.25, 0.3) is 0 Å². The standard InChI is InChI=1S/C15H19NO4/c1-9(2)11(15(18)19)7-16-14(17)12-8-20-13-6-4-3-5-10(12)13/h3-6,9,11-12H,7-8H2,1-2H3,(H,16,17)(H,18,19). The van der Waals surface area contributed by atoms with Gasteiger partial charge in [-0.15, -0.1) is 0 Å². The van der Waals surface area contributed by atoms with Crippen molar-refractivity contribution in [3.8, 4) is 5.75 Å². The Labute approximate surface area is 117 Å². The van der Waals surface area contributed by atoms with Crippen molar-refractivity contribution in [3.05, 3.63) is 29.8 Å². The van der Waals surface area contributed by atoms with Crippen LogP contribution >= 0.6 is 0 Å². The number of benzene rings is 1. The fourth-order valence-corrected chi connectivity index (χ4v) is 2.32. The Balaban J connectivity index is 1.98. The molecule has 2 N–H and O–H groups in total. The van der Waals surface area contributed by atoms with E-state index in [0.717, 1.165) is 11.3 Å². The zero-order valence-electron chi connectivity index (χ0n) is 11.6. The Kier molecular flexibility index (Phi) is 4.27. The van der Waals surface area contributed by atoms with Crippen LogP contribution in [0.3, 0.4) is 0 Å². The van der Waals surface area contributed by atoms with Crippen molar-refractivity contribution in [1.82, 2.24) is 5.32 Å². The largest absolute Gasteiger partial charge is 0.492 e. The molecular weight excluding hydrogens is 258 g/mol. The van der Waals surface area contributed by atoms with Crippen LogP contribution in [0, 0.1) is 11.8 Å². The first-order valence-corrected chi connectivity index (χ1v) is 6.73. The SMILES string of the molecule is CC(C)C(CNC(=O)C1COc2ccccc21)C(=O)O. The molecule has 0 bridgehead atoms. The number of carbonyl (C=O) groups is 2. The molecule has 20 heavy (non-hydrogen) atoms. The first-order valence-electron chi connectivity index (χ1n) is 6.73. The first-order chi connectivity index (χ1) is 9.50. The highest BCUT2D eigenvalue weighted by molar-refractivity contribution is 5.86. The molecule has 0 aromatic heterocycles. The Hall–Kier alpha value is -2.04. The molecule has 2 unspecified atom stereocenters. The van der Waals surface area contributed by atoms with Crippen LogP contribution in [0.1, 0.15) is 25.3 Å². The van der Waals surface area contributed by atoms with Crippen LogP contribution in [0.5, 0.6) is 5.75 Å². The minimum atomic E-state index is -0.886. The average Bonchev–Trinajstić information content (AvgIpc) is 2.81. The van der Waals surface area contributed by atoms with E-state index in [-0.39, 0.29) is 24.3 Å². The molecule has 1 aromatic carbocycles. The van der Waals surface area contributed by atoms with Gasteiger partial charge in [0.15, 0.2) is 0 Å². The van der Waals surface area contributed by atoms with E-state index in [1.54, 1.807) is 0 Å². The van der Waals surface area contributed by atoms with E-state index >= 15 is 0 Å². The van der Waals surface area contributed by atoms with Crippen LogP contribution < -0.4 is 10.1 Å². The maximum atomic E-state index is 12.2. The summed E-state index contributed by atoms with van der Waals surface area (Å²) in [6.07, 6.45) is 0. The van der Waals surface area contributed by atoms with E-state index in [1.807, 2.05) is 38.1 Å². The summed E-state index contributed by atoms with van der Waals surface area (Å²) in [5.41, 5.74) is 0.862. The van der Waals surface area contributed by atoms with Crippen molar-refractivity contribution in [2.24, 2.45) is 11.8 Å². The molecule has 1 heterocycles. The number of ether oxygens (including phenoxy) is 1. The fourth-order valence-electron chi connectivity index (χ4n) is 2.32. The second-order valence-electron chi connectivity index (χ2n) is 5.34. The monoisotopic (exact) mass is 277 g/mol. The molecule has 2 rings (SSSR count). The molecule has 0 spiro atoms. The predicted octanol–water partition coefficient (Wildman–Crippen LogP) is 1.64. The van der Waals surface area contributed by atoms with Gasteiger partial charge in [-0.1, -0.05) is 32.0 Å². The number of nitrogens with one attached hydrogen (secondary N) is 1. The van der Waals surface area contributed by atoms with Crippen molar-refractivity contribution >= 4 is 11.9 Å². The molecule has 108 valence electrons. The number of para-hydroxylation sites is 1. The van der Waals surface area contributed by atoms with E-state index in [1.165, 1.54) is 0 Å².